The summed E-state index contributed by atoms with van der Waals surface area (Å²) in [6, 6.07) is 1.66. The van der Waals surface area contributed by atoms with Crippen molar-refractivity contribution >= 4 is 58.2 Å². The molecule has 1 aliphatic heterocycles. The standard InChI is InChI=1S/C46H68N8O11/c1-3-4-5-6-7-9-12-17-32(56)18-13-10-8-11-14-21-39(58)51-35(22-23-38(47)57)44(62)54-42-30(2)65-41(60)28-50-43(61)37(29-55)53-45(63)36(52-40(59)24-25-48-46(42)64)26-31-27-49-34-20-16-15-19-33(31)34/h7,9,12,15-17,19-20,27,30,32,35-37,42,49,55-56H,3-6,8,10-11,13-14,18,21-26,28-29H2,1-2H3,(H2,47,57)(H,48,64)(H,50,61)(H,51,58)(H,52,59)(H,53,63)(H,54,62)/b9-7+,17-12+/t30-,32+,35-,36-,37-,42+/m1/s1. The molecule has 2 heterocycles. The lowest BCUT2D eigenvalue weighted by molar-refractivity contribution is -0.152. The molecule has 358 valence electrons. The Kier molecular flexibility index (Phi) is 24.1. The summed E-state index contributed by atoms with van der Waals surface area (Å²) in [5, 5.41) is 35.9. The number of aromatic amines is 1. The highest BCUT2D eigenvalue weighted by Gasteiger charge is 2.34. The summed E-state index contributed by atoms with van der Waals surface area (Å²) in [5.41, 5.74) is 6.82. The fraction of sp³-hybridized carbons (Fsp3) is 0.565. The second-order valence-electron chi connectivity index (χ2n) is 16.2. The number of hydrogen-bond donors (Lipinski definition) is 10. The molecule has 0 radical (unpaired) electrons. The maximum Gasteiger partial charge on any atom is 0.325 e. The third-order valence-corrected chi connectivity index (χ3v) is 10.8. The number of aliphatic hydroxyl groups excluding tert-OH is 2. The number of para-hydroxylation sites is 1. The van der Waals surface area contributed by atoms with Crippen LogP contribution < -0.4 is 37.6 Å². The number of esters is 1. The molecule has 0 bridgehead atoms. The van der Waals surface area contributed by atoms with E-state index in [0.29, 0.717) is 18.4 Å². The van der Waals surface area contributed by atoms with Crippen LogP contribution in [0.4, 0.5) is 0 Å². The van der Waals surface area contributed by atoms with Gasteiger partial charge in [-0.1, -0.05) is 88.0 Å². The maximum atomic E-state index is 13.7. The number of nitrogens with one attached hydrogen (secondary N) is 7. The normalized spacial score (nSPS) is 20.3. The number of rotatable bonds is 23. The number of cyclic esters (lactones) is 1. The first-order valence-electron chi connectivity index (χ1n) is 22.6. The number of ether oxygens (including phenoxy) is 1. The molecule has 0 spiro atoms. The van der Waals surface area contributed by atoms with Gasteiger partial charge in [-0.3, -0.25) is 38.4 Å². The van der Waals surface area contributed by atoms with Crippen molar-refractivity contribution in [1.29, 1.82) is 0 Å². The molecule has 3 rings (SSSR count). The lowest BCUT2D eigenvalue weighted by Gasteiger charge is -2.27. The molecular weight excluding hydrogens is 841 g/mol. The first kappa shape index (κ1) is 53.3. The summed E-state index contributed by atoms with van der Waals surface area (Å²) >= 11 is 0. The number of unbranched alkanes of at least 4 members (excludes halogenated alkanes) is 7. The second kappa shape index (κ2) is 29.4. The van der Waals surface area contributed by atoms with E-state index in [9.17, 15) is 48.6 Å². The van der Waals surface area contributed by atoms with Gasteiger partial charge < -0.3 is 57.6 Å². The van der Waals surface area contributed by atoms with Gasteiger partial charge in [-0.25, -0.2) is 0 Å². The molecule has 0 unspecified atom stereocenters. The van der Waals surface area contributed by atoms with Crippen LogP contribution in [0.15, 0.2) is 54.8 Å². The Morgan fingerprint density at radius 2 is 1.65 bits per heavy atom. The van der Waals surface area contributed by atoms with Crippen molar-refractivity contribution in [2.75, 3.05) is 19.7 Å². The number of amides is 7. The van der Waals surface area contributed by atoms with E-state index < -0.39 is 96.8 Å². The Morgan fingerprint density at radius 3 is 2.40 bits per heavy atom. The summed E-state index contributed by atoms with van der Waals surface area (Å²) < 4.78 is 5.39. The van der Waals surface area contributed by atoms with Crippen molar-refractivity contribution in [3.8, 4) is 0 Å². The molecule has 7 amide bonds. The quantitative estimate of drug-likeness (QED) is 0.0430. The van der Waals surface area contributed by atoms with Gasteiger partial charge in [0.1, 0.15) is 36.8 Å². The van der Waals surface area contributed by atoms with Crippen LogP contribution in [0.3, 0.4) is 0 Å². The average Bonchev–Trinajstić information content (AvgIpc) is 3.68. The summed E-state index contributed by atoms with van der Waals surface area (Å²) in [6.07, 6.45) is 15.6. The van der Waals surface area contributed by atoms with Crippen LogP contribution in [0.2, 0.25) is 0 Å². The van der Waals surface area contributed by atoms with Crippen LogP contribution in [-0.2, 0) is 49.5 Å². The molecule has 1 aliphatic rings. The van der Waals surface area contributed by atoms with Gasteiger partial charge in [-0.2, -0.15) is 0 Å². The van der Waals surface area contributed by atoms with Gasteiger partial charge in [0.25, 0.3) is 0 Å². The predicted molar refractivity (Wildman–Crippen MR) is 242 cm³/mol. The molecule has 19 nitrogen and oxygen atoms in total. The van der Waals surface area contributed by atoms with E-state index in [1.165, 1.54) is 19.8 Å². The van der Waals surface area contributed by atoms with E-state index in [1.54, 1.807) is 12.3 Å². The van der Waals surface area contributed by atoms with E-state index in [0.717, 1.165) is 49.4 Å². The van der Waals surface area contributed by atoms with Crippen LogP contribution >= 0.6 is 0 Å². The number of nitrogens with two attached hydrogens (primary N) is 1. The smallest absolute Gasteiger partial charge is 0.325 e. The highest BCUT2D eigenvalue weighted by molar-refractivity contribution is 5.95. The van der Waals surface area contributed by atoms with E-state index in [2.05, 4.69) is 49.9 Å². The van der Waals surface area contributed by atoms with Gasteiger partial charge in [-0.05, 0) is 50.7 Å². The average molecular weight is 909 g/mol. The number of carbonyl (C=O) groups excluding carboxylic acids is 8. The highest BCUT2D eigenvalue weighted by Crippen LogP contribution is 2.19. The number of hydrogen-bond acceptors (Lipinski definition) is 11. The zero-order valence-electron chi connectivity index (χ0n) is 37.5. The van der Waals surface area contributed by atoms with Gasteiger partial charge >= 0.3 is 5.97 Å². The van der Waals surface area contributed by atoms with Crippen LogP contribution in [0.1, 0.15) is 109 Å². The number of aliphatic hydroxyl groups is 2. The van der Waals surface area contributed by atoms with Crippen LogP contribution in [0.5, 0.6) is 0 Å². The largest absolute Gasteiger partial charge is 0.459 e. The zero-order valence-corrected chi connectivity index (χ0v) is 37.5. The molecule has 0 saturated carbocycles. The minimum absolute atomic E-state index is 0.0129. The van der Waals surface area contributed by atoms with Gasteiger partial charge in [0.15, 0.2) is 0 Å². The summed E-state index contributed by atoms with van der Waals surface area (Å²) in [6.45, 7) is 1.59. The van der Waals surface area contributed by atoms with Crippen molar-refractivity contribution in [2.45, 2.75) is 147 Å². The monoisotopic (exact) mass is 909 g/mol. The number of fused-ring (bicyclic) bond motifs is 1. The highest BCUT2D eigenvalue weighted by atomic mass is 16.5. The molecule has 65 heavy (non-hydrogen) atoms. The Morgan fingerprint density at radius 1 is 0.892 bits per heavy atom. The van der Waals surface area contributed by atoms with Crippen LogP contribution in [-0.4, -0.2) is 119 Å². The first-order chi connectivity index (χ1) is 31.2. The van der Waals surface area contributed by atoms with Gasteiger partial charge in [-0.15, -0.1) is 0 Å². The molecule has 1 fully saturated rings. The van der Waals surface area contributed by atoms with Crippen molar-refractivity contribution in [3.05, 3.63) is 60.3 Å². The van der Waals surface area contributed by atoms with Crippen LogP contribution in [0, 0.1) is 0 Å². The minimum atomic E-state index is -1.59. The van der Waals surface area contributed by atoms with Gasteiger partial charge in [0, 0.05) is 49.3 Å². The Balaban J connectivity index is 1.63. The number of H-pyrrole nitrogens is 1. The van der Waals surface area contributed by atoms with Crippen LogP contribution in [0.25, 0.3) is 10.9 Å². The maximum absolute atomic E-state index is 13.7. The summed E-state index contributed by atoms with van der Waals surface area (Å²) in [4.78, 5) is 108. The third-order valence-electron chi connectivity index (χ3n) is 10.8. The predicted octanol–water partition coefficient (Wildman–Crippen LogP) is 1.26. The molecule has 0 aliphatic carbocycles. The molecule has 2 aromatic rings. The summed E-state index contributed by atoms with van der Waals surface area (Å²) in [5.74, 6) is -6.39. The van der Waals surface area contributed by atoms with Gasteiger partial charge in [0.05, 0.1) is 12.7 Å². The minimum Gasteiger partial charge on any atom is -0.459 e. The van der Waals surface area contributed by atoms with E-state index in [4.69, 9.17) is 10.5 Å². The van der Waals surface area contributed by atoms with E-state index in [1.807, 2.05) is 36.4 Å². The molecule has 1 aromatic carbocycles. The lowest BCUT2D eigenvalue weighted by atomic mass is 10.0. The molecule has 19 heteroatoms. The fourth-order valence-corrected chi connectivity index (χ4v) is 7.09. The topological polar surface area (TPSA) is 300 Å². The van der Waals surface area contributed by atoms with E-state index >= 15 is 0 Å². The number of primary amides is 1. The number of benzene rings is 1. The first-order valence-corrected chi connectivity index (χ1v) is 22.6. The molecule has 1 saturated heterocycles. The number of allylic oxidation sites excluding steroid dienone is 3. The third kappa shape index (κ3) is 20.1. The SMILES string of the molecule is CCCCC/C=C/C=C/[C@H](O)CCCCCCCC(=O)N[C@H](CCC(N)=O)C(=O)N[C@@H]1C(=O)NCCC(=O)N[C@H](Cc2c[nH]c3ccccc23)C(=O)N[C@H](CO)C(=O)NCC(=O)O[C@@H]1C. The number of carbonyl (C=O) groups is 8. The lowest BCUT2D eigenvalue weighted by Crippen LogP contribution is -2.58. The molecule has 1 aromatic heterocycles. The Bertz CT molecular complexity index is 1950. The number of aromatic nitrogens is 1. The van der Waals surface area contributed by atoms with Crippen molar-refractivity contribution in [2.24, 2.45) is 5.73 Å². The molecule has 11 N–H and O–H groups in total. The summed E-state index contributed by atoms with van der Waals surface area (Å²) in [7, 11) is 0. The molecular formula is C46H68N8O11. The van der Waals surface area contributed by atoms with Gasteiger partial charge in [0.2, 0.25) is 41.4 Å². The zero-order chi connectivity index (χ0) is 47.6. The second-order valence-corrected chi connectivity index (χ2v) is 16.2. The fourth-order valence-electron chi connectivity index (χ4n) is 7.09. The van der Waals surface area contributed by atoms with E-state index in [-0.39, 0.29) is 38.6 Å². The van der Waals surface area contributed by atoms with Crippen molar-refractivity contribution in [1.82, 2.24) is 36.9 Å². The van der Waals surface area contributed by atoms with Crippen molar-refractivity contribution < 1.29 is 53.3 Å². The Labute approximate surface area is 379 Å². The Hall–Kier alpha value is -6.08. The van der Waals surface area contributed by atoms with Crippen molar-refractivity contribution in [3.63, 3.8) is 0 Å². The molecule has 6 atom stereocenters.